The van der Waals surface area contributed by atoms with Crippen LogP contribution in [0.1, 0.15) is 78.5 Å². The van der Waals surface area contributed by atoms with E-state index in [4.69, 9.17) is 9.47 Å². The minimum absolute atomic E-state index is 0.282. The van der Waals surface area contributed by atoms with Crippen molar-refractivity contribution >= 4 is 23.6 Å². The van der Waals surface area contributed by atoms with Crippen LogP contribution in [0.3, 0.4) is 0 Å². The van der Waals surface area contributed by atoms with Gasteiger partial charge in [-0.2, -0.15) is 0 Å². The molecule has 2 N–H and O–H groups in total. The summed E-state index contributed by atoms with van der Waals surface area (Å²) in [6, 6.07) is 12.5. The van der Waals surface area contributed by atoms with Gasteiger partial charge < -0.3 is 25.0 Å². The number of ether oxygens (including phenoxy) is 2. The molecule has 2 rings (SSSR count). The monoisotopic (exact) mass is 539 g/mol. The Morgan fingerprint density at radius 1 is 0.949 bits per heavy atom. The Bertz CT molecular complexity index is 1110. The van der Waals surface area contributed by atoms with E-state index >= 15 is 0 Å². The molecule has 0 fully saturated rings. The molecule has 3 amide bonds. The van der Waals surface area contributed by atoms with E-state index in [1.807, 2.05) is 38.1 Å². The minimum Gasteiger partial charge on any atom is -0.497 e. The van der Waals surface area contributed by atoms with Crippen LogP contribution in [0.5, 0.6) is 5.75 Å². The summed E-state index contributed by atoms with van der Waals surface area (Å²) in [6.07, 6.45) is 0.882. The van der Waals surface area contributed by atoms with Crippen LogP contribution in [0.15, 0.2) is 48.5 Å². The first-order chi connectivity index (χ1) is 18.2. The summed E-state index contributed by atoms with van der Waals surface area (Å²) in [5, 5.41) is 5.63. The summed E-state index contributed by atoms with van der Waals surface area (Å²) in [5.74, 6) is 0.380. The first-order valence-corrected chi connectivity index (χ1v) is 13.5. The van der Waals surface area contributed by atoms with Gasteiger partial charge in [0.15, 0.2) is 0 Å². The molecule has 0 spiro atoms. The summed E-state index contributed by atoms with van der Waals surface area (Å²) in [4.78, 5) is 42.1. The highest BCUT2D eigenvalue weighted by Gasteiger charge is 2.37. The van der Waals surface area contributed by atoms with E-state index in [0.717, 1.165) is 12.0 Å². The van der Waals surface area contributed by atoms with Gasteiger partial charge in [0.1, 0.15) is 23.4 Å². The SMILES string of the molecule is COc1ccc(NC(=O)C(c2cccc(C)c2)N(C(=O)C(C)NC(=O)OC(C)(C)C)C(C)CCC(C)C)cc1. The van der Waals surface area contributed by atoms with Crippen molar-refractivity contribution in [3.05, 3.63) is 59.7 Å². The number of methoxy groups -OCH3 is 1. The van der Waals surface area contributed by atoms with E-state index in [0.29, 0.717) is 29.3 Å². The van der Waals surface area contributed by atoms with Crippen LogP contribution >= 0.6 is 0 Å². The number of carbonyl (C=O) groups excluding carboxylic acids is 3. The predicted octanol–water partition coefficient (Wildman–Crippen LogP) is 6.25. The van der Waals surface area contributed by atoms with Gasteiger partial charge in [0.05, 0.1) is 7.11 Å². The zero-order valence-electron chi connectivity index (χ0n) is 24.8. The third kappa shape index (κ3) is 9.93. The number of nitrogens with one attached hydrogen (secondary N) is 2. The van der Waals surface area contributed by atoms with E-state index in [1.54, 1.807) is 64.0 Å². The molecule has 0 saturated carbocycles. The smallest absolute Gasteiger partial charge is 0.408 e. The van der Waals surface area contributed by atoms with Gasteiger partial charge in [0.2, 0.25) is 5.91 Å². The number of rotatable bonds is 11. The summed E-state index contributed by atoms with van der Waals surface area (Å²) < 4.78 is 10.6. The highest BCUT2D eigenvalue weighted by molar-refractivity contribution is 5.99. The first kappa shape index (κ1) is 31.7. The predicted molar refractivity (Wildman–Crippen MR) is 155 cm³/mol. The molecule has 3 unspecified atom stereocenters. The summed E-state index contributed by atoms with van der Waals surface area (Å²) in [7, 11) is 1.58. The van der Waals surface area contributed by atoms with Crippen LogP contribution in [-0.4, -0.2) is 47.6 Å². The van der Waals surface area contributed by atoms with Crippen LogP contribution < -0.4 is 15.4 Å². The number of anilines is 1. The Morgan fingerprint density at radius 2 is 1.59 bits per heavy atom. The highest BCUT2D eigenvalue weighted by Crippen LogP contribution is 2.29. The highest BCUT2D eigenvalue weighted by atomic mass is 16.6. The van der Waals surface area contributed by atoms with Crippen LogP contribution in [-0.2, 0) is 14.3 Å². The van der Waals surface area contributed by atoms with Crippen molar-refractivity contribution in [3.8, 4) is 5.75 Å². The normalized spacial score (nSPS) is 13.7. The maximum absolute atomic E-state index is 14.0. The zero-order chi connectivity index (χ0) is 29.3. The second kappa shape index (κ2) is 14.0. The minimum atomic E-state index is -0.926. The molecule has 39 heavy (non-hydrogen) atoms. The van der Waals surface area contributed by atoms with Gasteiger partial charge >= 0.3 is 6.09 Å². The quantitative estimate of drug-likeness (QED) is 0.352. The first-order valence-electron chi connectivity index (χ1n) is 13.5. The van der Waals surface area contributed by atoms with Gasteiger partial charge in [-0.05, 0) is 90.1 Å². The van der Waals surface area contributed by atoms with E-state index in [1.165, 1.54) is 0 Å². The van der Waals surface area contributed by atoms with Gasteiger partial charge in [-0.3, -0.25) is 9.59 Å². The lowest BCUT2D eigenvalue weighted by Gasteiger charge is -2.38. The molecule has 0 radical (unpaired) electrons. The van der Waals surface area contributed by atoms with Gasteiger partial charge in [-0.1, -0.05) is 43.7 Å². The number of carbonyl (C=O) groups is 3. The van der Waals surface area contributed by atoms with E-state index in [2.05, 4.69) is 24.5 Å². The number of hydrogen-bond donors (Lipinski definition) is 2. The summed E-state index contributed by atoms with van der Waals surface area (Å²) in [6.45, 7) is 15.0. The number of alkyl carbamates (subject to hydrolysis) is 1. The van der Waals surface area contributed by atoms with Gasteiger partial charge in [-0.25, -0.2) is 4.79 Å². The number of nitrogens with zero attached hydrogens (tertiary/aromatic N) is 1. The summed E-state index contributed by atoms with van der Waals surface area (Å²) >= 11 is 0. The molecular weight excluding hydrogens is 494 g/mol. The van der Waals surface area contributed by atoms with Crippen molar-refractivity contribution in [1.29, 1.82) is 0 Å². The van der Waals surface area contributed by atoms with Crippen molar-refractivity contribution in [2.75, 3.05) is 12.4 Å². The summed E-state index contributed by atoms with van der Waals surface area (Å²) in [5.41, 5.74) is 1.53. The molecule has 0 aliphatic rings. The number of aryl methyl sites for hydroxylation is 1. The van der Waals surface area contributed by atoms with Crippen LogP contribution in [0.25, 0.3) is 0 Å². The van der Waals surface area contributed by atoms with Gasteiger partial charge in [-0.15, -0.1) is 0 Å². The molecule has 3 atom stereocenters. The van der Waals surface area contributed by atoms with E-state index < -0.39 is 23.8 Å². The van der Waals surface area contributed by atoms with Crippen molar-refractivity contribution in [2.24, 2.45) is 5.92 Å². The van der Waals surface area contributed by atoms with E-state index in [-0.39, 0.29) is 17.9 Å². The molecule has 0 saturated heterocycles. The number of hydrogen-bond acceptors (Lipinski definition) is 5. The third-order valence-electron chi connectivity index (χ3n) is 6.24. The lowest BCUT2D eigenvalue weighted by Crippen LogP contribution is -2.54. The molecule has 2 aromatic carbocycles. The lowest BCUT2D eigenvalue weighted by atomic mass is 9.96. The molecule has 8 heteroatoms. The second-order valence-corrected chi connectivity index (χ2v) is 11.5. The fourth-order valence-electron chi connectivity index (χ4n) is 4.25. The van der Waals surface area contributed by atoms with Crippen molar-refractivity contribution in [3.63, 3.8) is 0 Å². The fraction of sp³-hybridized carbons (Fsp3) is 0.516. The van der Waals surface area contributed by atoms with Crippen LogP contribution in [0, 0.1) is 12.8 Å². The Balaban J connectivity index is 2.50. The molecule has 0 aliphatic heterocycles. The Hall–Kier alpha value is -3.55. The molecular formula is C31H45N3O5. The largest absolute Gasteiger partial charge is 0.497 e. The molecule has 214 valence electrons. The van der Waals surface area contributed by atoms with Crippen molar-refractivity contribution in [2.45, 2.75) is 92.0 Å². The lowest BCUT2D eigenvalue weighted by molar-refractivity contribution is -0.143. The topological polar surface area (TPSA) is 97.0 Å². The molecule has 2 aromatic rings. The average molecular weight is 540 g/mol. The van der Waals surface area contributed by atoms with Crippen molar-refractivity contribution < 1.29 is 23.9 Å². The van der Waals surface area contributed by atoms with Gasteiger partial charge in [0, 0.05) is 11.7 Å². The average Bonchev–Trinajstić information content (AvgIpc) is 2.84. The van der Waals surface area contributed by atoms with Gasteiger partial charge in [0.25, 0.3) is 5.91 Å². The molecule has 0 aromatic heterocycles. The number of amides is 3. The Labute approximate surface area is 233 Å². The number of benzene rings is 2. The Morgan fingerprint density at radius 3 is 2.13 bits per heavy atom. The van der Waals surface area contributed by atoms with Crippen molar-refractivity contribution in [1.82, 2.24) is 10.2 Å². The molecule has 0 heterocycles. The molecule has 0 aliphatic carbocycles. The van der Waals surface area contributed by atoms with E-state index in [9.17, 15) is 14.4 Å². The second-order valence-electron chi connectivity index (χ2n) is 11.5. The maximum atomic E-state index is 14.0. The van der Waals surface area contributed by atoms with Crippen LogP contribution in [0.4, 0.5) is 10.5 Å². The molecule has 8 nitrogen and oxygen atoms in total. The maximum Gasteiger partial charge on any atom is 0.408 e. The fourth-order valence-corrected chi connectivity index (χ4v) is 4.25. The molecule has 0 bridgehead atoms. The van der Waals surface area contributed by atoms with Crippen LogP contribution in [0.2, 0.25) is 0 Å². The zero-order valence-corrected chi connectivity index (χ0v) is 24.8. The third-order valence-corrected chi connectivity index (χ3v) is 6.24. The standard InChI is InChI=1S/C31H45N3O5/c1-20(2)13-14-22(4)34(29(36)23(5)32-30(37)39-31(6,7)8)27(24-12-10-11-21(3)19-24)28(35)33-25-15-17-26(38-9)18-16-25/h10-12,15-20,22-23,27H,13-14H2,1-9H3,(H,32,37)(H,33,35). The Kier molecular flexibility index (Phi) is 11.4.